The topological polar surface area (TPSA) is 39.4 Å². The molecule has 9 aromatic carbocycles. The fourth-order valence-electron chi connectivity index (χ4n) is 8.75. The molecule has 0 aliphatic heterocycles. The molecule has 0 spiro atoms. The van der Waals surface area contributed by atoms with E-state index in [1.54, 1.807) is 0 Å². The maximum absolute atomic E-state index is 6.82. The molecule has 0 unspecified atom stereocenters. The van der Waals surface area contributed by atoms with Gasteiger partial charge in [-0.2, -0.15) is 0 Å². The Morgan fingerprint density at radius 3 is 1.60 bits per heavy atom. The largest absolute Gasteiger partial charge is 0.456 e. The summed E-state index contributed by atoms with van der Waals surface area (Å²) in [6.07, 6.45) is 0. The van der Waals surface area contributed by atoms with Crippen molar-refractivity contribution in [3.63, 3.8) is 0 Å². The van der Waals surface area contributed by atoms with Gasteiger partial charge in [0.1, 0.15) is 33.7 Å². The third-order valence-corrected chi connectivity index (χ3v) is 11.0. The molecule has 0 atom stereocenters. The summed E-state index contributed by atoms with van der Waals surface area (Å²) in [5, 5.41) is 12.5. The number of furan rings is 3. The van der Waals surface area contributed by atoms with Crippen LogP contribution in [0.15, 0.2) is 183 Å². The highest BCUT2D eigenvalue weighted by Crippen LogP contribution is 2.49. The Labute approximate surface area is 302 Å². The molecule has 3 nitrogen and oxygen atoms in total. The van der Waals surface area contributed by atoms with Crippen LogP contribution in [-0.4, -0.2) is 0 Å². The van der Waals surface area contributed by atoms with Crippen molar-refractivity contribution in [3.05, 3.63) is 170 Å². The zero-order valence-corrected chi connectivity index (χ0v) is 28.4. The molecular weight excluding hydrogens is 649 g/mol. The molecule has 12 rings (SSSR count). The molecule has 3 heteroatoms. The number of fused-ring (bicyclic) bond motifs is 12. The molecule has 246 valence electrons. The molecule has 0 N–H and O–H groups in total. The molecule has 0 saturated carbocycles. The van der Waals surface area contributed by atoms with Gasteiger partial charge in [0.15, 0.2) is 0 Å². The standard InChI is InChI=1S/C50H28O3/c1-2-12-30(13-3-1)44-28-32-27-40(50-48(49(32)53-44)38-19-9-11-21-42(38)52-50)46-35-16-6-4-14-33(35)45(34-15-5-7-17-36(34)46)31-23-22-29-24-25-43-47(39(29)26-31)37-18-8-10-20-41(37)51-43/h1-28H. The minimum atomic E-state index is 0.829. The summed E-state index contributed by atoms with van der Waals surface area (Å²) in [7, 11) is 0. The second-order valence-corrected chi connectivity index (χ2v) is 13.9. The molecule has 53 heavy (non-hydrogen) atoms. The van der Waals surface area contributed by atoms with E-state index in [1.807, 2.05) is 42.5 Å². The minimum absolute atomic E-state index is 0.829. The number of hydrogen-bond donors (Lipinski definition) is 0. The van der Waals surface area contributed by atoms with Gasteiger partial charge in [-0.3, -0.25) is 0 Å². The van der Waals surface area contributed by atoms with Crippen LogP contribution in [0.25, 0.3) is 121 Å². The minimum Gasteiger partial charge on any atom is -0.456 e. The van der Waals surface area contributed by atoms with E-state index in [1.165, 1.54) is 43.4 Å². The molecule has 0 fully saturated rings. The first-order chi connectivity index (χ1) is 26.3. The van der Waals surface area contributed by atoms with E-state index in [4.69, 9.17) is 13.3 Å². The smallest absolute Gasteiger partial charge is 0.147 e. The van der Waals surface area contributed by atoms with Gasteiger partial charge in [0.2, 0.25) is 0 Å². The van der Waals surface area contributed by atoms with Crippen molar-refractivity contribution in [3.8, 4) is 33.6 Å². The van der Waals surface area contributed by atoms with Crippen molar-refractivity contribution in [1.29, 1.82) is 0 Å². The fraction of sp³-hybridized carbons (Fsp3) is 0. The number of benzene rings is 9. The monoisotopic (exact) mass is 676 g/mol. The van der Waals surface area contributed by atoms with Gasteiger partial charge in [0, 0.05) is 38.2 Å². The van der Waals surface area contributed by atoms with Crippen molar-refractivity contribution < 1.29 is 13.3 Å². The molecule has 3 aromatic heterocycles. The molecule has 3 heterocycles. The van der Waals surface area contributed by atoms with E-state index in [2.05, 4.69) is 127 Å². The SMILES string of the molecule is c1ccc(-c2cc3cc(-c4c5ccccc5c(-c5ccc6ccc7oc8ccccc8c7c6c5)c5ccccc45)c4oc5ccccc5c4c3o2)cc1. The predicted molar refractivity (Wildman–Crippen MR) is 220 cm³/mol. The summed E-state index contributed by atoms with van der Waals surface area (Å²) in [5.74, 6) is 0.838. The highest BCUT2D eigenvalue weighted by atomic mass is 16.3. The quantitative estimate of drug-likeness (QED) is 0.175. The lowest BCUT2D eigenvalue weighted by atomic mass is 9.85. The molecule has 0 amide bonds. The van der Waals surface area contributed by atoms with Gasteiger partial charge >= 0.3 is 0 Å². The van der Waals surface area contributed by atoms with Gasteiger partial charge in [-0.05, 0) is 79.8 Å². The average Bonchev–Trinajstić information content (AvgIpc) is 3.93. The highest BCUT2D eigenvalue weighted by Gasteiger charge is 2.24. The zero-order valence-electron chi connectivity index (χ0n) is 28.4. The number of rotatable bonds is 3. The van der Waals surface area contributed by atoms with Gasteiger partial charge in [0.25, 0.3) is 0 Å². The highest BCUT2D eigenvalue weighted by molar-refractivity contribution is 6.28. The lowest BCUT2D eigenvalue weighted by Crippen LogP contribution is -1.91. The van der Waals surface area contributed by atoms with Crippen LogP contribution in [0, 0.1) is 0 Å². The molecule has 12 aromatic rings. The van der Waals surface area contributed by atoms with E-state index in [-0.39, 0.29) is 0 Å². The number of hydrogen-bond acceptors (Lipinski definition) is 3. The first-order valence-electron chi connectivity index (χ1n) is 18.0. The summed E-state index contributed by atoms with van der Waals surface area (Å²) in [4.78, 5) is 0. The lowest BCUT2D eigenvalue weighted by molar-refractivity contribution is 0.633. The van der Waals surface area contributed by atoms with Crippen molar-refractivity contribution in [2.75, 3.05) is 0 Å². The van der Waals surface area contributed by atoms with E-state index in [0.717, 1.165) is 77.3 Å². The predicted octanol–water partition coefficient (Wildman–Crippen LogP) is 14.7. The van der Waals surface area contributed by atoms with Crippen LogP contribution in [0.2, 0.25) is 0 Å². The van der Waals surface area contributed by atoms with Crippen LogP contribution in [0.4, 0.5) is 0 Å². The van der Waals surface area contributed by atoms with Crippen molar-refractivity contribution in [2.45, 2.75) is 0 Å². The Morgan fingerprint density at radius 1 is 0.302 bits per heavy atom. The third-order valence-electron chi connectivity index (χ3n) is 11.0. The zero-order chi connectivity index (χ0) is 34.6. The van der Waals surface area contributed by atoms with Crippen LogP contribution in [0.1, 0.15) is 0 Å². The van der Waals surface area contributed by atoms with Gasteiger partial charge in [-0.1, -0.05) is 133 Å². The lowest BCUT2D eigenvalue weighted by Gasteiger charge is -2.18. The summed E-state index contributed by atoms with van der Waals surface area (Å²) in [6, 6.07) is 60.1. The first kappa shape index (κ1) is 28.6. The molecule has 0 aliphatic carbocycles. The Hall–Kier alpha value is -7.10. The van der Waals surface area contributed by atoms with Crippen LogP contribution in [0.3, 0.4) is 0 Å². The van der Waals surface area contributed by atoms with Crippen LogP contribution in [0.5, 0.6) is 0 Å². The molecule has 0 saturated heterocycles. The Morgan fingerprint density at radius 2 is 0.887 bits per heavy atom. The Kier molecular flexibility index (Phi) is 5.77. The average molecular weight is 677 g/mol. The van der Waals surface area contributed by atoms with Crippen LogP contribution < -0.4 is 0 Å². The maximum atomic E-state index is 6.82. The summed E-state index contributed by atoms with van der Waals surface area (Å²) in [6.45, 7) is 0. The third kappa shape index (κ3) is 4.05. The van der Waals surface area contributed by atoms with Crippen molar-refractivity contribution in [2.24, 2.45) is 0 Å². The first-order valence-corrected chi connectivity index (χ1v) is 18.0. The summed E-state index contributed by atoms with van der Waals surface area (Å²) < 4.78 is 19.8. The van der Waals surface area contributed by atoms with Crippen LogP contribution >= 0.6 is 0 Å². The van der Waals surface area contributed by atoms with Crippen molar-refractivity contribution in [1.82, 2.24) is 0 Å². The number of para-hydroxylation sites is 2. The Balaban J connectivity index is 1.19. The molecule has 0 bridgehead atoms. The maximum Gasteiger partial charge on any atom is 0.147 e. The van der Waals surface area contributed by atoms with Gasteiger partial charge in [-0.25, -0.2) is 0 Å². The fourth-order valence-corrected chi connectivity index (χ4v) is 8.75. The van der Waals surface area contributed by atoms with Gasteiger partial charge < -0.3 is 13.3 Å². The Bertz CT molecular complexity index is 3390. The molecular formula is C50H28O3. The summed E-state index contributed by atoms with van der Waals surface area (Å²) in [5.41, 5.74) is 9.94. The summed E-state index contributed by atoms with van der Waals surface area (Å²) >= 11 is 0. The second-order valence-electron chi connectivity index (χ2n) is 13.9. The van der Waals surface area contributed by atoms with E-state index < -0.39 is 0 Å². The van der Waals surface area contributed by atoms with Crippen molar-refractivity contribution >= 4 is 87.2 Å². The van der Waals surface area contributed by atoms with E-state index in [9.17, 15) is 0 Å². The molecule has 0 radical (unpaired) electrons. The van der Waals surface area contributed by atoms with E-state index >= 15 is 0 Å². The van der Waals surface area contributed by atoms with Gasteiger partial charge in [0.05, 0.1) is 5.39 Å². The second kappa shape index (κ2) is 10.7. The van der Waals surface area contributed by atoms with Crippen LogP contribution in [-0.2, 0) is 0 Å². The van der Waals surface area contributed by atoms with Gasteiger partial charge in [-0.15, -0.1) is 0 Å². The molecule has 0 aliphatic rings. The van der Waals surface area contributed by atoms with E-state index in [0.29, 0.717) is 0 Å². The normalized spacial score (nSPS) is 12.2.